The molecule has 2 fully saturated rings. The van der Waals surface area contributed by atoms with E-state index in [1.165, 1.54) is 19.3 Å². The van der Waals surface area contributed by atoms with Gasteiger partial charge in [0.05, 0.1) is 12.2 Å². The Morgan fingerprint density at radius 1 is 1.21 bits per heavy atom. The van der Waals surface area contributed by atoms with Gasteiger partial charge in [-0.05, 0) is 45.7 Å². The maximum atomic E-state index is 13.1. The van der Waals surface area contributed by atoms with Crippen molar-refractivity contribution in [3.05, 3.63) is 17.0 Å². The van der Waals surface area contributed by atoms with E-state index >= 15 is 0 Å². The SMILES string of the molecule is COCc1c(C(=O)N2CCCC(N(CCN3CCCCC3)C(C)=O)C2)noc1C. The molecule has 8 heteroatoms. The molecule has 0 spiro atoms. The molecule has 0 aromatic carbocycles. The molecule has 3 rings (SSSR count). The standard InChI is InChI=1S/C21H34N4O4/c1-16-19(15-28-3)20(22-29-16)21(27)24-11-7-8-18(14-24)25(17(2)26)13-12-23-9-5-4-6-10-23/h18H,4-15H2,1-3H3. The smallest absolute Gasteiger partial charge is 0.276 e. The van der Waals surface area contributed by atoms with Gasteiger partial charge >= 0.3 is 0 Å². The molecule has 0 aliphatic carbocycles. The second-order valence-electron chi connectivity index (χ2n) is 8.16. The minimum Gasteiger partial charge on any atom is -0.380 e. The number of likely N-dealkylation sites (tertiary alicyclic amines) is 2. The average Bonchev–Trinajstić information content (AvgIpc) is 3.09. The summed E-state index contributed by atoms with van der Waals surface area (Å²) in [5.74, 6) is 0.549. The summed E-state index contributed by atoms with van der Waals surface area (Å²) in [7, 11) is 1.59. The zero-order valence-corrected chi connectivity index (χ0v) is 18.0. The Balaban J connectivity index is 1.64. The Bertz CT molecular complexity index is 699. The van der Waals surface area contributed by atoms with Gasteiger partial charge in [-0.25, -0.2) is 0 Å². The monoisotopic (exact) mass is 406 g/mol. The minimum atomic E-state index is -0.141. The molecular formula is C21H34N4O4. The van der Waals surface area contributed by atoms with E-state index in [9.17, 15) is 9.59 Å². The molecule has 2 aliphatic heterocycles. The van der Waals surface area contributed by atoms with Gasteiger partial charge in [-0.1, -0.05) is 11.6 Å². The second-order valence-corrected chi connectivity index (χ2v) is 8.16. The summed E-state index contributed by atoms with van der Waals surface area (Å²) in [6.45, 7) is 8.80. The number of amides is 2. The largest absolute Gasteiger partial charge is 0.380 e. The summed E-state index contributed by atoms with van der Waals surface area (Å²) in [6, 6.07) is 0.0499. The predicted octanol–water partition coefficient (Wildman–Crippen LogP) is 2.07. The van der Waals surface area contributed by atoms with Crippen LogP contribution >= 0.6 is 0 Å². The van der Waals surface area contributed by atoms with Crippen LogP contribution in [0.2, 0.25) is 0 Å². The summed E-state index contributed by atoms with van der Waals surface area (Å²) in [4.78, 5) is 31.7. The third-order valence-corrected chi connectivity index (χ3v) is 6.11. The Hall–Kier alpha value is -1.93. The molecule has 1 aromatic rings. The molecule has 29 heavy (non-hydrogen) atoms. The number of nitrogens with zero attached hydrogens (tertiary/aromatic N) is 4. The van der Waals surface area contributed by atoms with Crippen molar-refractivity contribution in [3.8, 4) is 0 Å². The highest BCUT2D eigenvalue weighted by atomic mass is 16.5. The van der Waals surface area contributed by atoms with Crippen molar-refractivity contribution in [3.63, 3.8) is 0 Å². The molecule has 8 nitrogen and oxygen atoms in total. The van der Waals surface area contributed by atoms with Crippen molar-refractivity contribution in [1.82, 2.24) is 19.9 Å². The molecule has 162 valence electrons. The lowest BCUT2D eigenvalue weighted by atomic mass is 10.0. The summed E-state index contributed by atoms with van der Waals surface area (Å²) in [5, 5.41) is 3.98. The van der Waals surface area contributed by atoms with Crippen LogP contribution < -0.4 is 0 Å². The average molecular weight is 407 g/mol. The summed E-state index contributed by atoms with van der Waals surface area (Å²) < 4.78 is 10.4. The van der Waals surface area contributed by atoms with E-state index in [4.69, 9.17) is 9.26 Å². The van der Waals surface area contributed by atoms with Gasteiger partial charge in [0.25, 0.3) is 5.91 Å². The van der Waals surface area contributed by atoms with Crippen LogP contribution in [0.3, 0.4) is 0 Å². The number of carbonyl (C=O) groups excluding carboxylic acids is 2. The van der Waals surface area contributed by atoms with Gasteiger partial charge in [0.15, 0.2) is 5.69 Å². The first kappa shape index (κ1) is 21.8. The zero-order chi connectivity index (χ0) is 20.8. The Morgan fingerprint density at radius 3 is 2.66 bits per heavy atom. The third kappa shape index (κ3) is 5.36. The van der Waals surface area contributed by atoms with Crippen molar-refractivity contribution >= 4 is 11.8 Å². The topological polar surface area (TPSA) is 79.1 Å². The fraction of sp³-hybridized carbons (Fsp3) is 0.762. The molecule has 0 saturated carbocycles. The molecular weight excluding hydrogens is 372 g/mol. The van der Waals surface area contributed by atoms with Crippen LogP contribution in [0.15, 0.2) is 4.52 Å². The molecule has 0 radical (unpaired) electrons. The van der Waals surface area contributed by atoms with Crippen LogP contribution in [0.1, 0.15) is 60.8 Å². The fourth-order valence-corrected chi connectivity index (χ4v) is 4.45. The molecule has 3 heterocycles. The number of aryl methyl sites for hydroxylation is 1. The maximum Gasteiger partial charge on any atom is 0.276 e. The van der Waals surface area contributed by atoms with Gasteiger partial charge in [-0.3, -0.25) is 9.59 Å². The minimum absolute atomic E-state index is 0.0499. The van der Waals surface area contributed by atoms with Crippen LogP contribution in [-0.2, 0) is 16.1 Å². The molecule has 2 saturated heterocycles. The van der Waals surface area contributed by atoms with E-state index in [2.05, 4.69) is 10.1 Å². The molecule has 0 bridgehead atoms. The molecule has 1 unspecified atom stereocenters. The third-order valence-electron chi connectivity index (χ3n) is 6.11. The van der Waals surface area contributed by atoms with Crippen molar-refractivity contribution < 1.29 is 18.8 Å². The summed E-state index contributed by atoms with van der Waals surface area (Å²) in [5.41, 5.74) is 1.03. The number of ether oxygens (including phenoxy) is 1. The molecule has 1 aromatic heterocycles. The van der Waals surface area contributed by atoms with E-state index in [1.54, 1.807) is 25.9 Å². The van der Waals surface area contributed by atoms with Crippen molar-refractivity contribution in [2.75, 3.05) is 46.4 Å². The maximum absolute atomic E-state index is 13.1. The van der Waals surface area contributed by atoms with Crippen LogP contribution in [-0.4, -0.2) is 84.1 Å². The van der Waals surface area contributed by atoms with Gasteiger partial charge in [-0.15, -0.1) is 0 Å². The fourth-order valence-electron chi connectivity index (χ4n) is 4.45. The second kappa shape index (κ2) is 10.2. The van der Waals surface area contributed by atoms with Gasteiger partial charge in [0, 0.05) is 46.3 Å². The van der Waals surface area contributed by atoms with Crippen LogP contribution in [0.25, 0.3) is 0 Å². The molecule has 2 aliphatic rings. The first-order valence-electron chi connectivity index (χ1n) is 10.7. The van der Waals surface area contributed by atoms with Crippen LogP contribution in [0, 0.1) is 6.92 Å². The highest BCUT2D eigenvalue weighted by Gasteiger charge is 2.32. The predicted molar refractivity (Wildman–Crippen MR) is 109 cm³/mol. The van der Waals surface area contributed by atoms with Crippen LogP contribution in [0.5, 0.6) is 0 Å². The van der Waals surface area contributed by atoms with E-state index in [0.717, 1.165) is 39.0 Å². The first-order chi connectivity index (χ1) is 14.0. The van der Waals surface area contributed by atoms with Crippen molar-refractivity contribution in [2.45, 2.75) is 58.6 Å². The number of carbonyl (C=O) groups is 2. The van der Waals surface area contributed by atoms with E-state index in [0.29, 0.717) is 36.7 Å². The zero-order valence-electron chi connectivity index (χ0n) is 18.0. The van der Waals surface area contributed by atoms with E-state index in [1.807, 2.05) is 4.90 Å². The number of rotatable bonds is 7. The van der Waals surface area contributed by atoms with Crippen molar-refractivity contribution in [1.29, 1.82) is 0 Å². The van der Waals surface area contributed by atoms with Gasteiger partial charge in [0.2, 0.25) is 5.91 Å². The number of hydrogen-bond acceptors (Lipinski definition) is 6. The van der Waals surface area contributed by atoms with E-state index in [-0.39, 0.29) is 17.9 Å². The number of piperidine rings is 2. The lowest BCUT2D eigenvalue weighted by molar-refractivity contribution is -0.132. The lowest BCUT2D eigenvalue weighted by Gasteiger charge is -2.40. The van der Waals surface area contributed by atoms with Gasteiger partial charge in [0.1, 0.15) is 5.76 Å². The Morgan fingerprint density at radius 2 is 1.97 bits per heavy atom. The molecule has 0 N–H and O–H groups in total. The van der Waals surface area contributed by atoms with Gasteiger partial charge < -0.3 is 24.0 Å². The van der Waals surface area contributed by atoms with Crippen LogP contribution in [0.4, 0.5) is 0 Å². The highest BCUT2D eigenvalue weighted by Crippen LogP contribution is 2.22. The van der Waals surface area contributed by atoms with Crippen molar-refractivity contribution in [2.24, 2.45) is 0 Å². The quantitative estimate of drug-likeness (QED) is 0.690. The lowest BCUT2D eigenvalue weighted by Crippen LogP contribution is -2.53. The van der Waals surface area contributed by atoms with Gasteiger partial charge in [-0.2, -0.15) is 0 Å². The van der Waals surface area contributed by atoms with E-state index < -0.39 is 0 Å². The highest BCUT2D eigenvalue weighted by molar-refractivity contribution is 5.94. The molecule has 1 atom stereocenters. The Labute approximate surface area is 173 Å². The number of hydrogen-bond donors (Lipinski definition) is 0. The molecule has 2 amide bonds. The number of aromatic nitrogens is 1. The first-order valence-corrected chi connectivity index (χ1v) is 10.7. The Kier molecular flexibility index (Phi) is 7.66. The number of methoxy groups -OCH3 is 1. The normalized spacial score (nSPS) is 20.7. The summed E-state index contributed by atoms with van der Waals surface area (Å²) in [6.07, 6.45) is 5.59. The summed E-state index contributed by atoms with van der Waals surface area (Å²) >= 11 is 0.